The highest BCUT2D eigenvalue weighted by atomic mass is 19.1. The molecule has 6 nitrogen and oxygen atoms in total. The van der Waals surface area contributed by atoms with Crippen LogP contribution in [0.1, 0.15) is 18.2 Å². The molecule has 0 saturated heterocycles. The topological polar surface area (TPSA) is 75.2 Å². The van der Waals surface area contributed by atoms with E-state index in [1.54, 1.807) is 6.92 Å². The molecule has 0 radical (unpaired) electrons. The minimum atomic E-state index is -0.731. The largest absolute Gasteiger partial charge is 0.352 e. The highest BCUT2D eigenvalue weighted by molar-refractivity contribution is 5.87. The number of urea groups is 1. The molecule has 0 bridgehead atoms. The zero-order chi connectivity index (χ0) is 17.7. The van der Waals surface area contributed by atoms with E-state index in [9.17, 15) is 14.0 Å². The lowest BCUT2D eigenvalue weighted by Crippen LogP contribution is -2.48. The van der Waals surface area contributed by atoms with Gasteiger partial charge in [0.2, 0.25) is 5.91 Å². The lowest BCUT2D eigenvalue weighted by molar-refractivity contribution is -0.122. The summed E-state index contributed by atoms with van der Waals surface area (Å²) < 4.78 is 14.1. The fourth-order valence-corrected chi connectivity index (χ4v) is 2.69. The number of nitrogens with zero attached hydrogens (tertiary/aromatic N) is 1. The van der Waals surface area contributed by atoms with E-state index in [0.29, 0.717) is 6.54 Å². The lowest BCUT2D eigenvalue weighted by atomic mass is 10.1. The first-order valence-corrected chi connectivity index (χ1v) is 7.86. The predicted molar refractivity (Wildman–Crippen MR) is 91.5 cm³/mol. The second-order valence-corrected chi connectivity index (χ2v) is 5.68. The number of para-hydroxylation sites is 1. The van der Waals surface area contributed by atoms with Gasteiger partial charge in [-0.3, -0.25) is 4.79 Å². The van der Waals surface area contributed by atoms with Crippen LogP contribution >= 0.6 is 0 Å². The zero-order valence-electron chi connectivity index (χ0n) is 14.1. The molecule has 1 aromatic heterocycles. The lowest BCUT2D eigenvalue weighted by Gasteiger charge is -2.15. The van der Waals surface area contributed by atoms with Crippen molar-refractivity contribution >= 4 is 22.8 Å². The van der Waals surface area contributed by atoms with Gasteiger partial charge >= 0.3 is 6.03 Å². The first kappa shape index (κ1) is 17.8. The van der Waals surface area contributed by atoms with Crippen LogP contribution < -0.4 is 16.0 Å². The summed E-state index contributed by atoms with van der Waals surface area (Å²) in [7, 11) is 1.96. The van der Waals surface area contributed by atoms with Crippen LogP contribution in [0.4, 0.5) is 9.18 Å². The van der Waals surface area contributed by atoms with E-state index in [2.05, 4.69) is 16.0 Å². The molecule has 1 aromatic carbocycles. The molecule has 0 aliphatic rings. The molecule has 0 unspecified atom stereocenters. The van der Waals surface area contributed by atoms with E-state index in [1.165, 1.54) is 0 Å². The van der Waals surface area contributed by atoms with Gasteiger partial charge in [-0.25, -0.2) is 9.18 Å². The van der Waals surface area contributed by atoms with E-state index in [4.69, 9.17) is 0 Å². The summed E-state index contributed by atoms with van der Waals surface area (Å²) in [5.41, 5.74) is 3.22. The number of hydrogen-bond acceptors (Lipinski definition) is 2. The van der Waals surface area contributed by atoms with Crippen LogP contribution in [-0.2, 0) is 18.4 Å². The van der Waals surface area contributed by atoms with Crippen molar-refractivity contribution in [2.24, 2.45) is 7.05 Å². The summed E-state index contributed by atoms with van der Waals surface area (Å²) in [6.07, 6.45) is 0. The Hall–Kier alpha value is -2.57. The first-order valence-electron chi connectivity index (χ1n) is 7.86. The molecule has 130 valence electrons. The minimum Gasteiger partial charge on any atom is -0.352 e. The van der Waals surface area contributed by atoms with E-state index in [0.717, 1.165) is 22.2 Å². The molecule has 0 fully saturated rings. The number of aromatic nitrogens is 1. The third-order valence-electron chi connectivity index (χ3n) is 4.06. The van der Waals surface area contributed by atoms with Crippen LogP contribution in [-0.4, -0.2) is 35.8 Å². The van der Waals surface area contributed by atoms with Gasteiger partial charge in [-0.05, 0) is 25.5 Å². The van der Waals surface area contributed by atoms with E-state index in [-0.39, 0.29) is 6.54 Å². The maximum absolute atomic E-state index is 12.0. The molecule has 1 heterocycles. The summed E-state index contributed by atoms with van der Waals surface area (Å²) in [5, 5.41) is 8.83. The Morgan fingerprint density at radius 3 is 2.62 bits per heavy atom. The molecular formula is C17H23FN4O2. The summed E-state index contributed by atoms with van der Waals surface area (Å²) in [5.74, 6) is -0.413. The molecule has 0 saturated carbocycles. The van der Waals surface area contributed by atoms with Crippen LogP contribution in [0.15, 0.2) is 24.3 Å². The van der Waals surface area contributed by atoms with Crippen LogP contribution in [0.2, 0.25) is 0 Å². The van der Waals surface area contributed by atoms with Gasteiger partial charge in [-0.2, -0.15) is 0 Å². The van der Waals surface area contributed by atoms with Crippen LogP contribution in [0.5, 0.6) is 0 Å². The molecule has 2 rings (SSSR count). The number of hydrogen-bond donors (Lipinski definition) is 3. The smallest absolute Gasteiger partial charge is 0.315 e. The second-order valence-electron chi connectivity index (χ2n) is 5.68. The van der Waals surface area contributed by atoms with Crippen LogP contribution in [0.25, 0.3) is 10.9 Å². The molecule has 0 spiro atoms. The maximum atomic E-state index is 12.0. The average Bonchev–Trinajstić information content (AvgIpc) is 2.82. The Balaban J connectivity index is 1.96. The summed E-state index contributed by atoms with van der Waals surface area (Å²) >= 11 is 0. The van der Waals surface area contributed by atoms with Gasteiger partial charge in [0, 0.05) is 30.2 Å². The van der Waals surface area contributed by atoms with Crippen LogP contribution in [0.3, 0.4) is 0 Å². The fourth-order valence-electron chi connectivity index (χ4n) is 2.69. The Morgan fingerprint density at radius 2 is 1.96 bits per heavy atom. The number of benzene rings is 1. The SMILES string of the molecule is Cc1c(CNC(=O)N[C@H](C)C(=O)NCCF)n(C)c2ccccc12. The zero-order valence-corrected chi connectivity index (χ0v) is 14.1. The summed E-state index contributed by atoms with van der Waals surface area (Å²) in [6.45, 7) is 3.23. The normalized spacial score (nSPS) is 12.0. The molecule has 3 amide bonds. The summed E-state index contributed by atoms with van der Waals surface area (Å²) in [6, 6.07) is 6.86. The number of rotatable bonds is 6. The number of carbonyl (C=O) groups is 2. The van der Waals surface area contributed by atoms with Crippen molar-refractivity contribution < 1.29 is 14.0 Å². The highest BCUT2D eigenvalue weighted by Gasteiger charge is 2.16. The van der Waals surface area contributed by atoms with Crippen LogP contribution in [0, 0.1) is 6.92 Å². The van der Waals surface area contributed by atoms with E-state index in [1.807, 2.05) is 42.8 Å². The van der Waals surface area contributed by atoms with Gasteiger partial charge in [-0.1, -0.05) is 18.2 Å². The van der Waals surface area contributed by atoms with Gasteiger partial charge in [-0.15, -0.1) is 0 Å². The average molecular weight is 334 g/mol. The molecule has 7 heteroatoms. The Morgan fingerprint density at radius 1 is 1.25 bits per heavy atom. The van der Waals surface area contributed by atoms with Crippen molar-refractivity contribution in [1.29, 1.82) is 0 Å². The van der Waals surface area contributed by atoms with Crippen molar-refractivity contribution in [1.82, 2.24) is 20.5 Å². The minimum absolute atomic E-state index is 0.0540. The molecule has 0 aliphatic carbocycles. The maximum Gasteiger partial charge on any atom is 0.315 e. The number of alkyl halides is 1. The van der Waals surface area contributed by atoms with Gasteiger partial charge in [0.15, 0.2) is 0 Å². The van der Waals surface area contributed by atoms with Gasteiger partial charge in [0.25, 0.3) is 0 Å². The van der Waals surface area contributed by atoms with Crippen molar-refractivity contribution in [3.8, 4) is 0 Å². The number of halogens is 1. The van der Waals surface area contributed by atoms with Crippen molar-refractivity contribution in [3.05, 3.63) is 35.5 Å². The molecule has 0 aliphatic heterocycles. The van der Waals surface area contributed by atoms with E-state index < -0.39 is 24.7 Å². The molecule has 3 N–H and O–H groups in total. The number of fused-ring (bicyclic) bond motifs is 1. The second kappa shape index (κ2) is 7.81. The summed E-state index contributed by atoms with van der Waals surface area (Å²) in [4.78, 5) is 23.6. The number of amides is 3. The number of carbonyl (C=O) groups excluding carboxylic acids is 2. The van der Waals surface area contributed by atoms with E-state index >= 15 is 0 Å². The van der Waals surface area contributed by atoms with Gasteiger partial charge < -0.3 is 20.5 Å². The molecule has 2 aromatic rings. The standard InChI is InChI=1S/C17H23FN4O2/c1-11-13-6-4-5-7-14(13)22(3)15(11)10-20-17(24)21-12(2)16(23)19-9-8-18/h4-7,12H,8-10H2,1-3H3,(H,19,23)(H2,20,21,24)/t12-/m1/s1. The number of nitrogens with one attached hydrogen (secondary N) is 3. The monoisotopic (exact) mass is 334 g/mol. The third kappa shape index (κ3) is 3.84. The number of aryl methyl sites for hydroxylation is 2. The third-order valence-corrected chi connectivity index (χ3v) is 4.06. The highest BCUT2D eigenvalue weighted by Crippen LogP contribution is 2.24. The van der Waals surface area contributed by atoms with Gasteiger partial charge in [0.1, 0.15) is 12.7 Å². The van der Waals surface area contributed by atoms with Crippen molar-refractivity contribution in [2.45, 2.75) is 26.4 Å². The fraction of sp³-hybridized carbons (Fsp3) is 0.412. The Kier molecular flexibility index (Phi) is 5.78. The quantitative estimate of drug-likeness (QED) is 0.753. The Labute approximate surface area is 140 Å². The first-order chi connectivity index (χ1) is 11.5. The predicted octanol–water partition coefficient (Wildman–Crippen LogP) is 1.76. The Bertz CT molecular complexity index is 703. The molecule has 24 heavy (non-hydrogen) atoms. The van der Waals surface area contributed by atoms with Crippen molar-refractivity contribution in [2.75, 3.05) is 13.2 Å². The molecular weight excluding hydrogens is 311 g/mol. The van der Waals surface area contributed by atoms with Crippen molar-refractivity contribution in [3.63, 3.8) is 0 Å². The molecule has 1 atom stereocenters. The van der Waals surface area contributed by atoms with Gasteiger partial charge in [0.05, 0.1) is 6.54 Å².